The molecule has 4 heteroatoms. The third-order valence-electron chi connectivity index (χ3n) is 1.34. The Morgan fingerprint density at radius 1 is 1.54 bits per heavy atom. The number of hydrogen-bond acceptors (Lipinski definition) is 3. The van der Waals surface area contributed by atoms with Crippen LogP contribution in [-0.4, -0.2) is 11.0 Å². The Morgan fingerprint density at radius 3 is 2.62 bits per heavy atom. The summed E-state index contributed by atoms with van der Waals surface area (Å²) in [6, 6.07) is 3.21. The van der Waals surface area contributed by atoms with Crippen LogP contribution in [0.25, 0.3) is 10.9 Å². The molecule has 0 N–H and O–H groups in total. The molecule has 0 radical (unpaired) electrons. The molecule has 64 valence electrons. The molecule has 0 aliphatic heterocycles. The summed E-state index contributed by atoms with van der Waals surface area (Å²) in [5.74, 6) is -1.47. The fraction of sp³-hybridized carbons (Fsp3) is 0. The predicted octanol–water partition coefficient (Wildman–Crippen LogP) is 0.0917. The third kappa shape index (κ3) is 2.42. The van der Waals surface area contributed by atoms with Crippen molar-refractivity contribution in [3.63, 3.8) is 0 Å². The molecule has 0 saturated carbocycles. The van der Waals surface area contributed by atoms with Gasteiger partial charge in [0.1, 0.15) is 0 Å². The van der Waals surface area contributed by atoms with Gasteiger partial charge in [0.2, 0.25) is 5.70 Å². The molecule has 0 aliphatic rings. The Balaban J connectivity index is 3.01. The molecule has 4 nitrogen and oxygen atoms in total. The van der Waals surface area contributed by atoms with E-state index in [1.165, 1.54) is 18.5 Å². The molecule has 0 atom stereocenters. The van der Waals surface area contributed by atoms with Gasteiger partial charge in [0.25, 0.3) is 0 Å². The monoisotopic (exact) mass is 173 g/mol. The molecule has 1 aromatic rings. The highest BCUT2D eigenvalue weighted by Gasteiger charge is 1.96. The minimum atomic E-state index is -1.47. The molecule has 0 aliphatic carbocycles. The van der Waals surface area contributed by atoms with E-state index in [0.717, 1.165) is 0 Å². The number of nitrogens with zero attached hydrogens (tertiary/aromatic N) is 2. The van der Waals surface area contributed by atoms with Gasteiger partial charge in [-0.05, 0) is 23.8 Å². The maximum absolute atomic E-state index is 10.3. The Labute approximate surface area is 75.0 Å². The number of hydrogen-bond donors (Lipinski definition) is 0. The van der Waals surface area contributed by atoms with Gasteiger partial charge in [0.15, 0.2) is 0 Å². The number of rotatable bonds is 2. The average molecular weight is 173 g/mol. The van der Waals surface area contributed by atoms with Crippen molar-refractivity contribution in [2.75, 3.05) is 0 Å². The van der Waals surface area contributed by atoms with Crippen LogP contribution in [0.5, 0.6) is 0 Å². The molecule has 0 saturated heterocycles. The quantitative estimate of drug-likeness (QED) is 0.470. The van der Waals surface area contributed by atoms with Crippen LogP contribution in [0.15, 0.2) is 30.2 Å². The fourth-order valence-electron chi connectivity index (χ4n) is 0.754. The van der Waals surface area contributed by atoms with Crippen LogP contribution in [-0.2, 0) is 4.79 Å². The van der Waals surface area contributed by atoms with E-state index in [-0.39, 0.29) is 0 Å². The molecule has 0 bridgehead atoms. The van der Waals surface area contributed by atoms with E-state index in [1.807, 2.05) is 0 Å². The maximum atomic E-state index is 10.3. The highest BCUT2D eigenvalue weighted by molar-refractivity contribution is 5.92. The van der Waals surface area contributed by atoms with Crippen molar-refractivity contribution >= 4 is 12.0 Å². The number of pyridine rings is 1. The van der Waals surface area contributed by atoms with Gasteiger partial charge in [0, 0.05) is 12.4 Å². The number of carboxylic acids is 1. The molecule has 0 fully saturated rings. The summed E-state index contributed by atoms with van der Waals surface area (Å²) in [6.07, 6.45) is 4.27. The SMILES string of the molecule is [C-]#[N+]/C(=C\c1ccncc1)C(=O)[O-]. The molecular weight excluding hydrogens is 168 g/mol. The first-order valence-corrected chi connectivity index (χ1v) is 3.44. The van der Waals surface area contributed by atoms with Crippen molar-refractivity contribution in [1.29, 1.82) is 0 Å². The summed E-state index contributed by atoms with van der Waals surface area (Å²) in [4.78, 5) is 16.9. The molecule has 0 amide bonds. The smallest absolute Gasteiger partial charge is 0.209 e. The molecular formula is C9H5N2O2-. The largest absolute Gasteiger partial charge is 0.558 e. The lowest BCUT2D eigenvalue weighted by molar-refractivity contribution is -0.298. The number of carbonyl (C=O) groups is 1. The number of aromatic nitrogens is 1. The maximum Gasteiger partial charge on any atom is 0.209 e. The zero-order valence-corrected chi connectivity index (χ0v) is 6.60. The second kappa shape index (κ2) is 4.02. The highest BCUT2D eigenvalue weighted by Crippen LogP contribution is 2.05. The van der Waals surface area contributed by atoms with Gasteiger partial charge >= 0.3 is 0 Å². The lowest BCUT2D eigenvalue weighted by Gasteiger charge is -1.98. The molecule has 0 spiro atoms. The Morgan fingerprint density at radius 2 is 2.15 bits per heavy atom. The minimum absolute atomic E-state index is 0.411. The molecule has 13 heavy (non-hydrogen) atoms. The van der Waals surface area contributed by atoms with Gasteiger partial charge < -0.3 is 9.90 Å². The normalized spacial score (nSPS) is 10.5. The second-order valence-electron chi connectivity index (χ2n) is 2.21. The summed E-state index contributed by atoms with van der Waals surface area (Å²) in [5.41, 5.74) is 0.205. The summed E-state index contributed by atoms with van der Waals surface area (Å²) in [6.45, 7) is 6.56. The van der Waals surface area contributed by atoms with Crippen molar-refractivity contribution in [3.8, 4) is 0 Å². The number of carboxylic acid groups (broad SMARTS) is 1. The summed E-state index contributed by atoms with van der Waals surface area (Å²) in [7, 11) is 0. The first-order chi connectivity index (χ1) is 6.24. The van der Waals surface area contributed by atoms with Crippen LogP contribution >= 0.6 is 0 Å². The van der Waals surface area contributed by atoms with Gasteiger partial charge in [-0.25, -0.2) is 4.85 Å². The van der Waals surface area contributed by atoms with E-state index in [0.29, 0.717) is 5.56 Å². The number of carbonyl (C=O) groups excluding carboxylic acids is 1. The van der Waals surface area contributed by atoms with Gasteiger partial charge in [-0.3, -0.25) is 4.98 Å². The van der Waals surface area contributed by atoms with Crippen molar-refractivity contribution in [3.05, 3.63) is 47.2 Å². The predicted molar refractivity (Wildman–Crippen MR) is 43.8 cm³/mol. The van der Waals surface area contributed by atoms with Crippen LogP contribution in [0.4, 0.5) is 0 Å². The van der Waals surface area contributed by atoms with Crippen LogP contribution in [0.1, 0.15) is 5.56 Å². The van der Waals surface area contributed by atoms with Gasteiger partial charge in [0.05, 0.1) is 12.5 Å². The summed E-state index contributed by atoms with van der Waals surface area (Å²) >= 11 is 0. The third-order valence-corrected chi connectivity index (χ3v) is 1.34. The first-order valence-electron chi connectivity index (χ1n) is 3.44. The minimum Gasteiger partial charge on any atom is -0.558 e. The molecule has 0 unspecified atom stereocenters. The Bertz CT molecular complexity index is 376. The molecule has 1 heterocycles. The van der Waals surface area contributed by atoms with Crippen LogP contribution in [0.3, 0.4) is 0 Å². The van der Waals surface area contributed by atoms with Gasteiger partial charge in [-0.2, -0.15) is 0 Å². The molecule has 1 aromatic heterocycles. The Kier molecular flexibility index (Phi) is 2.77. The first kappa shape index (κ1) is 8.94. The van der Waals surface area contributed by atoms with E-state index in [4.69, 9.17) is 6.57 Å². The van der Waals surface area contributed by atoms with Gasteiger partial charge in [-0.1, -0.05) is 0 Å². The van der Waals surface area contributed by atoms with Crippen molar-refractivity contribution < 1.29 is 9.90 Å². The van der Waals surface area contributed by atoms with E-state index >= 15 is 0 Å². The molecule has 1 rings (SSSR count). The highest BCUT2D eigenvalue weighted by atomic mass is 16.4. The topological polar surface area (TPSA) is 57.4 Å². The Hall–Kier alpha value is -2.15. The zero-order valence-electron chi connectivity index (χ0n) is 6.60. The summed E-state index contributed by atoms with van der Waals surface area (Å²) in [5, 5.41) is 10.3. The molecule has 0 aromatic carbocycles. The lowest BCUT2D eigenvalue weighted by atomic mass is 10.2. The number of aliphatic carboxylic acids is 1. The van der Waals surface area contributed by atoms with E-state index < -0.39 is 11.7 Å². The van der Waals surface area contributed by atoms with E-state index in [1.54, 1.807) is 12.1 Å². The standard InChI is InChI=1S/C9H6N2O2/c1-10-8(9(12)13)6-7-2-4-11-5-3-7/h2-6H,(H,12,13)/p-1/b8-6-. The van der Waals surface area contributed by atoms with Crippen molar-refractivity contribution in [2.24, 2.45) is 0 Å². The second-order valence-corrected chi connectivity index (χ2v) is 2.21. The lowest BCUT2D eigenvalue weighted by Crippen LogP contribution is -2.22. The fourth-order valence-corrected chi connectivity index (χ4v) is 0.754. The van der Waals surface area contributed by atoms with E-state index in [2.05, 4.69) is 9.83 Å². The van der Waals surface area contributed by atoms with Crippen molar-refractivity contribution in [2.45, 2.75) is 0 Å². The summed E-state index contributed by atoms with van der Waals surface area (Å²) < 4.78 is 0. The van der Waals surface area contributed by atoms with Gasteiger partial charge in [-0.15, -0.1) is 0 Å². The van der Waals surface area contributed by atoms with Crippen molar-refractivity contribution in [1.82, 2.24) is 4.98 Å². The zero-order chi connectivity index (χ0) is 9.68. The average Bonchev–Trinajstić information content (AvgIpc) is 2.15. The van der Waals surface area contributed by atoms with Crippen LogP contribution in [0.2, 0.25) is 0 Å². The van der Waals surface area contributed by atoms with E-state index in [9.17, 15) is 9.90 Å². The van der Waals surface area contributed by atoms with Crippen LogP contribution < -0.4 is 5.11 Å². The van der Waals surface area contributed by atoms with Crippen LogP contribution in [0, 0.1) is 6.57 Å².